The van der Waals surface area contributed by atoms with Crippen molar-refractivity contribution in [2.24, 2.45) is 7.05 Å². The van der Waals surface area contributed by atoms with E-state index in [1.807, 2.05) is 31.3 Å². The lowest BCUT2D eigenvalue weighted by Crippen LogP contribution is -2.15. The lowest BCUT2D eigenvalue weighted by Gasteiger charge is -2.07. The first-order valence-electron chi connectivity index (χ1n) is 8.14. The molecular weight excluding hydrogens is 318 g/mol. The van der Waals surface area contributed by atoms with Crippen molar-refractivity contribution in [1.82, 2.24) is 20.1 Å². The van der Waals surface area contributed by atoms with Crippen LogP contribution in [0.2, 0.25) is 0 Å². The van der Waals surface area contributed by atoms with Crippen LogP contribution >= 0.6 is 0 Å². The Morgan fingerprint density at radius 2 is 2.20 bits per heavy atom. The smallest absolute Gasteiger partial charge is 0.277 e. The van der Waals surface area contributed by atoms with Crippen molar-refractivity contribution < 1.29 is 9.21 Å². The molecule has 0 saturated heterocycles. The van der Waals surface area contributed by atoms with Gasteiger partial charge in [-0.25, -0.2) is 4.98 Å². The predicted octanol–water partition coefficient (Wildman–Crippen LogP) is 2.75. The van der Waals surface area contributed by atoms with Crippen molar-refractivity contribution in [3.05, 3.63) is 53.7 Å². The van der Waals surface area contributed by atoms with Crippen LogP contribution in [-0.2, 0) is 13.6 Å². The molecule has 0 spiro atoms. The topological polar surface area (TPSA) is 85.0 Å². The highest BCUT2D eigenvalue weighted by Crippen LogP contribution is 2.22. The van der Waals surface area contributed by atoms with Crippen molar-refractivity contribution in [2.75, 3.05) is 11.9 Å². The zero-order valence-electron chi connectivity index (χ0n) is 14.5. The van der Waals surface area contributed by atoms with E-state index in [0.717, 1.165) is 29.9 Å². The first kappa shape index (κ1) is 16.9. The quantitative estimate of drug-likeness (QED) is 0.721. The number of anilines is 1. The van der Waals surface area contributed by atoms with Gasteiger partial charge in [0.1, 0.15) is 5.76 Å². The number of rotatable bonds is 6. The van der Waals surface area contributed by atoms with Gasteiger partial charge in [-0.05, 0) is 31.2 Å². The van der Waals surface area contributed by atoms with Gasteiger partial charge in [-0.3, -0.25) is 9.48 Å². The van der Waals surface area contributed by atoms with Crippen LogP contribution in [0.4, 0.5) is 5.69 Å². The molecule has 2 aromatic heterocycles. The summed E-state index contributed by atoms with van der Waals surface area (Å²) in [6, 6.07) is 7.72. The molecular formula is C18H21N5O2. The number of benzene rings is 1. The summed E-state index contributed by atoms with van der Waals surface area (Å²) in [5.74, 6) is 0.564. The SMILES string of the molecule is CCNCc1cccc(NC(=O)c2nc(-c3cnn(C)c3)oc2C)c1. The summed E-state index contributed by atoms with van der Waals surface area (Å²) in [6.07, 6.45) is 3.44. The van der Waals surface area contributed by atoms with Crippen LogP contribution in [0.15, 0.2) is 41.1 Å². The second kappa shape index (κ2) is 7.31. The first-order chi connectivity index (χ1) is 12.1. The number of amides is 1. The van der Waals surface area contributed by atoms with Gasteiger partial charge in [-0.2, -0.15) is 5.10 Å². The van der Waals surface area contributed by atoms with Crippen molar-refractivity contribution >= 4 is 11.6 Å². The fraction of sp³-hybridized carbons (Fsp3) is 0.278. The zero-order valence-corrected chi connectivity index (χ0v) is 14.5. The Morgan fingerprint density at radius 3 is 2.92 bits per heavy atom. The van der Waals surface area contributed by atoms with E-state index < -0.39 is 0 Å². The van der Waals surface area contributed by atoms with Crippen molar-refractivity contribution in [3.63, 3.8) is 0 Å². The molecule has 0 atom stereocenters. The molecule has 0 saturated carbocycles. The molecule has 130 valence electrons. The number of aromatic nitrogens is 3. The van der Waals surface area contributed by atoms with Crippen LogP contribution in [0.5, 0.6) is 0 Å². The zero-order chi connectivity index (χ0) is 17.8. The van der Waals surface area contributed by atoms with E-state index in [1.54, 1.807) is 24.0 Å². The van der Waals surface area contributed by atoms with Gasteiger partial charge >= 0.3 is 0 Å². The van der Waals surface area contributed by atoms with Crippen LogP contribution < -0.4 is 10.6 Å². The molecule has 0 bridgehead atoms. The third-order valence-electron chi connectivity index (χ3n) is 3.73. The Balaban J connectivity index is 1.76. The van der Waals surface area contributed by atoms with E-state index in [-0.39, 0.29) is 11.6 Å². The van der Waals surface area contributed by atoms with Crippen LogP contribution in [0.1, 0.15) is 28.7 Å². The Labute approximate surface area is 146 Å². The van der Waals surface area contributed by atoms with Crippen molar-refractivity contribution in [3.8, 4) is 11.5 Å². The molecule has 7 nitrogen and oxygen atoms in total. The number of oxazole rings is 1. The monoisotopic (exact) mass is 339 g/mol. The third kappa shape index (κ3) is 3.95. The lowest BCUT2D eigenvalue weighted by atomic mass is 10.2. The standard InChI is InChI=1S/C18H21N5O2/c1-4-19-9-13-6-5-7-15(8-13)21-17(24)16-12(2)25-18(22-16)14-10-20-23(3)11-14/h5-8,10-11,19H,4,9H2,1-3H3,(H,21,24). The number of hydrogen-bond acceptors (Lipinski definition) is 5. The maximum atomic E-state index is 12.5. The molecule has 0 aliphatic heterocycles. The summed E-state index contributed by atoms with van der Waals surface area (Å²) in [5, 5.41) is 10.2. The Morgan fingerprint density at radius 1 is 1.36 bits per heavy atom. The molecule has 3 rings (SSSR count). The summed E-state index contributed by atoms with van der Waals surface area (Å²) in [4.78, 5) is 16.9. The van der Waals surface area contributed by atoms with Crippen LogP contribution in [0.25, 0.3) is 11.5 Å². The molecule has 2 N–H and O–H groups in total. The maximum absolute atomic E-state index is 12.5. The molecule has 7 heteroatoms. The van der Waals surface area contributed by atoms with E-state index >= 15 is 0 Å². The minimum absolute atomic E-state index is 0.274. The number of aryl methyl sites for hydroxylation is 2. The van der Waals surface area contributed by atoms with Crippen molar-refractivity contribution in [1.29, 1.82) is 0 Å². The summed E-state index contributed by atoms with van der Waals surface area (Å²) in [7, 11) is 1.81. The van der Waals surface area contributed by atoms with Gasteiger partial charge in [0, 0.05) is 25.5 Å². The Hall–Kier alpha value is -2.93. The molecule has 0 aliphatic rings. The van der Waals surface area contributed by atoms with Gasteiger partial charge in [0.25, 0.3) is 5.91 Å². The molecule has 1 aromatic carbocycles. The summed E-state index contributed by atoms with van der Waals surface area (Å²) in [6.45, 7) is 5.43. The number of hydrogen-bond donors (Lipinski definition) is 2. The molecule has 2 heterocycles. The molecule has 3 aromatic rings. The highest BCUT2D eigenvalue weighted by Gasteiger charge is 2.19. The molecule has 0 aliphatic carbocycles. The number of nitrogens with zero attached hydrogens (tertiary/aromatic N) is 3. The molecule has 0 fully saturated rings. The van der Waals surface area contributed by atoms with Crippen LogP contribution in [-0.4, -0.2) is 27.2 Å². The number of carbonyl (C=O) groups is 1. The average molecular weight is 339 g/mol. The van der Waals surface area contributed by atoms with E-state index in [0.29, 0.717) is 11.7 Å². The highest BCUT2D eigenvalue weighted by molar-refractivity contribution is 6.03. The number of carbonyl (C=O) groups excluding carboxylic acids is 1. The van der Waals surface area contributed by atoms with Gasteiger partial charge < -0.3 is 15.1 Å². The van der Waals surface area contributed by atoms with Gasteiger partial charge in [-0.15, -0.1) is 0 Å². The first-order valence-corrected chi connectivity index (χ1v) is 8.14. The van der Waals surface area contributed by atoms with Gasteiger partial charge in [0.05, 0.1) is 11.8 Å². The summed E-state index contributed by atoms with van der Waals surface area (Å²) >= 11 is 0. The maximum Gasteiger partial charge on any atom is 0.277 e. The summed E-state index contributed by atoms with van der Waals surface area (Å²) < 4.78 is 7.27. The van der Waals surface area contributed by atoms with E-state index in [2.05, 4.69) is 27.6 Å². The lowest BCUT2D eigenvalue weighted by molar-refractivity contribution is 0.102. The second-order valence-corrected chi connectivity index (χ2v) is 5.76. The van der Waals surface area contributed by atoms with Gasteiger partial charge in [-0.1, -0.05) is 19.1 Å². The molecule has 0 unspecified atom stereocenters. The third-order valence-corrected chi connectivity index (χ3v) is 3.73. The minimum atomic E-state index is -0.294. The fourth-order valence-electron chi connectivity index (χ4n) is 2.48. The summed E-state index contributed by atoms with van der Waals surface area (Å²) in [5.41, 5.74) is 2.84. The second-order valence-electron chi connectivity index (χ2n) is 5.76. The Bertz CT molecular complexity index is 881. The van der Waals surface area contributed by atoms with E-state index in [9.17, 15) is 4.79 Å². The number of nitrogens with one attached hydrogen (secondary N) is 2. The fourth-order valence-corrected chi connectivity index (χ4v) is 2.48. The van der Waals surface area contributed by atoms with Gasteiger partial charge in [0.15, 0.2) is 5.69 Å². The average Bonchev–Trinajstić information content (AvgIpc) is 3.19. The van der Waals surface area contributed by atoms with E-state index in [1.165, 1.54) is 0 Å². The minimum Gasteiger partial charge on any atom is -0.440 e. The molecule has 25 heavy (non-hydrogen) atoms. The van der Waals surface area contributed by atoms with Crippen molar-refractivity contribution in [2.45, 2.75) is 20.4 Å². The largest absolute Gasteiger partial charge is 0.440 e. The van der Waals surface area contributed by atoms with E-state index in [4.69, 9.17) is 4.42 Å². The molecule has 1 amide bonds. The predicted molar refractivity (Wildman–Crippen MR) is 95.2 cm³/mol. The van der Waals surface area contributed by atoms with Crippen LogP contribution in [0, 0.1) is 6.92 Å². The highest BCUT2D eigenvalue weighted by atomic mass is 16.4. The normalized spacial score (nSPS) is 10.8. The molecule has 0 radical (unpaired) electrons. The van der Waals surface area contributed by atoms with Gasteiger partial charge in [0.2, 0.25) is 5.89 Å². The Kier molecular flexibility index (Phi) is 4.95. The van der Waals surface area contributed by atoms with Crippen LogP contribution in [0.3, 0.4) is 0 Å².